The van der Waals surface area contributed by atoms with Gasteiger partial charge in [-0.3, -0.25) is 14.5 Å². The van der Waals surface area contributed by atoms with E-state index < -0.39 is 0 Å². The van der Waals surface area contributed by atoms with Crippen LogP contribution in [0.25, 0.3) is 11.3 Å². The summed E-state index contributed by atoms with van der Waals surface area (Å²) in [5.74, 6) is -0.483. The topological polar surface area (TPSA) is 71.8 Å². The van der Waals surface area contributed by atoms with Crippen LogP contribution in [0.1, 0.15) is 28.4 Å². The molecule has 0 saturated carbocycles. The van der Waals surface area contributed by atoms with Gasteiger partial charge in [-0.25, -0.2) is 4.39 Å². The van der Waals surface area contributed by atoms with Crippen molar-refractivity contribution >= 4 is 17.5 Å². The maximum atomic E-state index is 13.7. The van der Waals surface area contributed by atoms with Crippen LogP contribution in [0, 0.1) is 5.82 Å². The summed E-state index contributed by atoms with van der Waals surface area (Å²) in [6.07, 6.45) is 4.00. The number of nitrogens with one attached hydrogen (secondary N) is 2. The highest BCUT2D eigenvalue weighted by molar-refractivity contribution is 6.33. The molecule has 150 valence electrons. The highest BCUT2D eigenvalue weighted by Gasteiger charge is 2.28. The van der Waals surface area contributed by atoms with Gasteiger partial charge in [0.2, 0.25) is 0 Å². The van der Waals surface area contributed by atoms with Crippen molar-refractivity contribution in [3.63, 3.8) is 0 Å². The minimum absolute atomic E-state index is 0.0448. The summed E-state index contributed by atoms with van der Waals surface area (Å²) in [6, 6.07) is 9.90. The van der Waals surface area contributed by atoms with Crippen LogP contribution in [0.4, 0.5) is 4.39 Å². The number of amides is 1. The third-order valence-electron chi connectivity index (χ3n) is 5.24. The van der Waals surface area contributed by atoms with Gasteiger partial charge in [0, 0.05) is 37.3 Å². The van der Waals surface area contributed by atoms with Gasteiger partial charge in [0.15, 0.2) is 0 Å². The fourth-order valence-electron chi connectivity index (χ4n) is 3.79. The molecule has 0 aliphatic carbocycles. The Morgan fingerprint density at radius 1 is 1.31 bits per heavy atom. The Balaban J connectivity index is 1.50. The van der Waals surface area contributed by atoms with E-state index in [1.54, 1.807) is 48.4 Å². The van der Waals surface area contributed by atoms with E-state index in [2.05, 4.69) is 20.7 Å². The molecule has 0 spiro atoms. The molecule has 2 atom stereocenters. The monoisotopic (exact) mass is 413 g/mol. The summed E-state index contributed by atoms with van der Waals surface area (Å²) < 4.78 is 15.3. The lowest BCUT2D eigenvalue weighted by molar-refractivity contribution is 0.0919. The smallest absolute Gasteiger partial charge is 0.270 e. The molecule has 2 N–H and O–H groups in total. The highest BCUT2D eigenvalue weighted by Crippen LogP contribution is 2.28. The van der Waals surface area contributed by atoms with E-state index in [-0.39, 0.29) is 23.7 Å². The number of carbonyl (C=O) groups is 1. The Bertz CT molecular complexity index is 1000. The Morgan fingerprint density at radius 2 is 2.17 bits per heavy atom. The average molecular weight is 414 g/mol. The number of halogens is 2. The van der Waals surface area contributed by atoms with Gasteiger partial charge in [-0.1, -0.05) is 23.7 Å². The second-order valence-corrected chi connectivity index (χ2v) is 7.54. The van der Waals surface area contributed by atoms with Crippen LogP contribution >= 0.6 is 11.6 Å². The highest BCUT2D eigenvalue weighted by atomic mass is 35.5. The van der Waals surface area contributed by atoms with Gasteiger partial charge in [0.25, 0.3) is 5.91 Å². The van der Waals surface area contributed by atoms with Crippen molar-refractivity contribution < 1.29 is 9.18 Å². The lowest BCUT2D eigenvalue weighted by Gasteiger charge is -2.33. The Morgan fingerprint density at radius 3 is 2.86 bits per heavy atom. The molecule has 29 heavy (non-hydrogen) atoms. The van der Waals surface area contributed by atoms with Crippen LogP contribution < -0.4 is 10.6 Å². The van der Waals surface area contributed by atoms with Crippen LogP contribution in [-0.2, 0) is 7.05 Å². The zero-order valence-electron chi connectivity index (χ0n) is 15.9. The summed E-state index contributed by atoms with van der Waals surface area (Å²) in [5, 5.41) is 11.0. The van der Waals surface area contributed by atoms with Gasteiger partial charge >= 0.3 is 0 Å². The third kappa shape index (κ3) is 4.16. The van der Waals surface area contributed by atoms with Crippen molar-refractivity contribution in [2.24, 2.45) is 7.05 Å². The molecule has 1 aromatic carbocycles. The molecule has 4 rings (SSSR count). The van der Waals surface area contributed by atoms with Crippen molar-refractivity contribution in [1.82, 2.24) is 25.4 Å². The zero-order chi connectivity index (χ0) is 20.4. The van der Waals surface area contributed by atoms with E-state index in [9.17, 15) is 9.18 Å². The first-order valence-electron chi connectivity index (χ1n) is 9.44. The van der Waals surface area contributed by atoms with Crippen molar-refractivity contribution in [2.45, 2.75) is 18.4 Å². The van der Waals surface area contributed by atoms with Gasteiger partial charge < -0.3 is 10.6 Å². The molecule has 1 saturated heterocycles. The van der Waals surface area contributed by atoms with Crippen molar-refractivity contribution in [3.05, 3.63) is 70.9 Å². The van der Waals surface area contributed by atoms with Crippen LogP contribution in [0.3, 0.4) is 0 Å². The molecule has 1 fully saturated rings. The SMILES string of the molecule is Cn1ncc(Cl)c1-c1ccc(C(=O)N[C@@H]2CNCC[C@H]2c2cccc(F)c2)nc1. The first kappa shape index (κ1) is 19.5. The fourth-order valence-corrected chi connectivity index (χ4v) is 4.07. The number of aryl methyl sites for hydroxylation is 1. The molecular formula is C21H21ClFN5O. The maximum absolute atomic E-state index is 13.7. The number of nitrogens with zero attached hydrogens (tertiary/aromatic N) is 3. The lowest BCUT2D eigenvalue weighted by atomic mass is 9.86. The summed E-state index contributed by atoms with van der Waals surface area (Å²) in [5.41, 5.74) is 2.74. The van der Waals surface area contributed by atoms with Crippen molar-refractivity contribution in [1.29, 1.82) is 0 Å². The zero-order valence-corrected chi connectivity index (χ0v) is 16.7. The van der Waals surface area contributed by atoms with Gasteiger partial charge in [-0.2, -0.15) is 5.10 Å². The minimum atomic E-state index is -0.266. The van der Waals surface area contributed by atoms with E-state index in [4.69, 9.17) is 11.6 Å². The molecule has 1 aliphatic heterocycles. The number of pyridine rings is 1. The molecule has 1 aliphatic rings. The number of hydrogen-bond donors (Lipinski definition) is 2. The number of benzene rings is 1. The van der Waals surface area contributed by atoms with Gasteiger partial charge in [-0.05, 0) is 42.8 Å². The van der Waals surface area contributed by atoms with E-state index in [0.29, 0.717) is 17.3 Å². The largest absolute Gasteiger partial charge is 0.346 e. The van der Waals surface area contributed by atoms with Gasteiger partial charge in [-0.15, -0.1) is 0 Å². The van der Waals surface area contributed by atoms with E-state index in [0.717, 1.165) is 29.8 Å². The van der Waals surface area contributed by atoms with Crippen LogP contribution in [0.5, 0.6) is 0 Å². The molecule has 6 nitrogen and oxygen atoms in total. The quantitative estimate of drug-likeness (QED) is 0.689. The summed E-state index contributed by atoms with van der Waals surface area (Å²) in [7, 11) is 1.80. The predicted molar refractivity (Wildman–Crippen MR) is 109 cm³/mol. The molecule has 0 radical (unpaired) electrons. The molecule has 0 unspecified atom stereocenters. The standard InChI is InChI=1S/C21H21ClFN5O/c1-28-20(17(22)11-26-28)14-5-6-18(25-10-14)21(29)27-19-12-24-8-7-16(19)13-3-2-4-15(23)9-13/h2-6,9-11,16,19,24H,7-8,12H2,1H3,(H,27,29)/t16-,19+/m0/s1. The molecule has 3 heterocycles. The lowest BCUT2D eigenvalue weighted by Crippen LogP contribution is -2.50. The number of aromatic nitrogens is 3. The number of hydrogen-bond acceptors (Lipinski definition) is 4. The van der Waals surface area contributed by atoms with E-state index >= 15 is 0 Å². The summed E-state index contributed by atoms with van der Waals surface area (Å²) in [4.78, 5) is 17.1. The first-order chi connectivity index (χ1) is 14.0. The Kier molecular flexibility index (Phi) is 5.60. The van der Waals surface area contributed by atoms with Crippen molar-refractivity contribution in [2.75, 3.05) is 13.1 Å². The second-order valence-electron chi connectivity index (χ2n) is 7.13. The number of carbonyl (C=O) groups excluding carboxylic acids is 1. The average Bonchev–Trinajstić information content (AvgIpc) is 3.06. The van der Waals surface area contributed by atoms with Crippen LogP contribution in [0.2, 0.25) is 5.02 Å². The Labute approximate surface area is 173 Å². The van der Waals surface area contributed by atoms with Crippen LogP contribution in [0.15, 0.2) is 48.8 Å². The van der Waals surface area contributed by atoms with E-state index in [1.165, 1.54) is 6.07 Å². The van der Waals surface area contributed by atoms with Gasteiger partial charge in [0.05, 0.1) is 16.9 Å². The molecule has 1 amide bonds. The molecular weight excluding hydrogens is 393 g/mol. The fraction of sp³-hybridized carbons (Fsp3) is 0.286. The Hall–Kier alpha value is -2.77. The maximum Gasteiger partial charge on any atom is 0.270 e. The molecule has 8 heteroatoms. The normalized spacial score (nSPS) is 19.1. The second kappa shape index (κ2) is 8.31. The van der Waals surface area contributed by atoms with Crippen LogP contribution in [-0.4, -0.2) is 39.8 Å². The summed E-state index contributed by atoms with van der Waals surface area (Å²) in [6.45, 7) is 1.45. The van der Waals surface area contributed by atoms with Crippen molar-refractivity contribution in [3.8, 4) is 11.3 Å². The molecule has 3 aromatic rings. The first-order valence-corrected chi connectivity index (χ1v) is 9.81. The van der Waals surface area contributed by atoms with E-state index in [1.807, 2.05) is 6.07 Å². The molecule has 0 bridgehead atoms. The predicted octanol–water partition coefficient (Wildman–Crippen LogP) is 3.15. The molecule has 2 aromatic heterocycles. The summed E-state index contributed by atoms with van der Waals surface area (Å²) >= 11 is 6.17. The number of rotatable bonds is 4. The van der Waals surface area contributed by atoms with Gasteiger partial charge in [0.1, 0.15) is 11.5 Å². The minimum Gasteiger partial charge on any atom is -0.346 e. The third-order valence-corrected chi connectivity index (χ3v) is 5.52. The number of piperidine rings is 1.